The number of thiophene rings is 1. The first-order valence-electron chi connectivity index (χ1n) is 10.5. The van der Waals surface area contributed by atoms with E-state index < -0.39 is 0 Å². The highest BCUT2D eigenvalue weighted by molar-refractivity contribution is 7.16. The SMILES string of the molecule is COc1ccc([C@@H]2CC(=O)N(Cc3ccc(NC(C)=O)s3)C2)cc1OC1CCCC1. The van der Waals surface area contributed by atoms with Gasteiger partial charge in [0.25, 0.3) is 0 Å². The summed E-state index contributed by atoms with van der Waals surface area (Å²) in [6.45, 7) is 2.75. The van der Waals surface area contributed by atoms with E-state index in [2.05, 4.69) is 11.4 Å². The second kappa shape index (κ2) is 9.08. The van der Waals surface area contributed by atoms with Crippen LogP contribution in [0.1, 0.15) is 55.4 Å². The molecule has 2 amide bonds. The average Bonchev–Trinajstić information content (AvgIpc) is 3.45. The van der Waals surface area contributed by atoms with E-state index in [1.54, 1.807) is 7.11 Å². The minimum Gasteiger partial charge on any atom is -0.493 e. The quantitative estimate of drug-likeness (QED) is 0.702. The summed E-state index contributed by atoms with van der Waals surface area (Å²) in [7, 11) is 1.66. The summed E-state index contributed by atoms with van der Waals surface area (Å²) in [6.07, 6.45) is 5.36. The fourth-order valence-electron chi connectivity index (χ4n) is 4.27. The van der Waals surface area contributed by atoms with Crippen LogP contribution in [0.4, 0.5) is 5.00 Å². The minimum absolute atomic E-state index is 0.0872. The summed E-state index contributed by atoms with van der Waals surface area (Å²) in [4.78, 5) is 26.8. The van der Waals surface area contributed by atoms with Crippen molar-refractivity contribution in [2.24, 2.45) is 0 Å². The maximum atomic E-state index is 12.6. The van der Waals surface area contributed by atoms with E-state index in [-0.39, 0.29) is 23.8 Å². The number of hydrogen-bond donors (Lipinski definition) is 1. The molecule has 1 saturated carbocycles. The first kappa shape index (κ1) is 20.7. The van der Waals surface area contributed by atoms with Gasteiger partial charge in [0.05, 0.1) is 24.8 Å². The van der Waals surface area contributed by atoms with E-state index in [9.17, 15) is 9.59 Å². The number of nitrogens with zero attached hydrogens (tertiary/aromatic N) is 1. The molecule has 1 saturated heterocycles. The van der Waals surface area contributed by atoms with Gasteiger partial charge in [-0.25, -0.2) is 0 Å². The molecule has 160 valence electrons. The number of hydrogen-bond acceptors (Lipinski definition) is 5. The maximum Gasteiger partial charge on any atom is 0.223 e. The van der Waals surface area contributed by atoms with Gasteiger partial charge in [-0.3, -0.25) is 9.59 Å². The molecule has 0 unspecified atom stereocenters. The second-order valence-electron chi connectivity index (χ2n) is 8.06. The lowest BCUT2D eigenvalue weighted by Crippen LogP contribution is -2.23. The lowest BCUT2D eigenvalue weighted by atomic mass is 9.98. The molecule has 4 rings (SSSR count). The Balaban J connectivity index is 1.44. The Morgan fingerprint density at radius 2 is 2.00 bits per heavy atom. The molecule has 2 aliphatic rings. The van der Waals surface area contributed by atoms with Gasteiger partial charge in [-0.05, 0) is 55.5 Å². The number of benzene rings is 1. The first-order valence-corrected chi connectivity index (χ1v) is 11.3. The highest BCUT2D eigenvalue weighted by atomic mass is 32.1. The molecule has 2 aromatic rings. The van der Waals surface area contributed by atoms with Crippen LogP contribution in [-0.2, 0) is 16.1 Å². The van der Waals surface area contributed by atoms with Crippen LogP contribution in [-0.4, -0.2) is 36.5 Å². The first-order chi connectivity index (χ1) is 14.5. The number of likely N-dealkylation sites (tertiary alicyclic amines) is 1. The van der Waals surface area contributed by atoms with Crippen molar-refractivity contribution in [3.63, 3.8) is 0 Å². The van der Waals surface area contributed by atoms with Crippen LogP contribution in [0.25, 0.3) is 0 Å². The van der Waals surface area contributed by atoms with E-state index in [0.717, 1.165) is 39.8 Å². The highest BCUT2D eigenvalue weighted by Gasteiger charge is 2.31. The van der Waals surface area contributed by atoms with E-state index in [1.165, 1.54) is 31.1 Å². The van der Waals surface area contributed by atoms with E-state index in [0.29, 0.717) is 19.5 Å². The number of carbonyl (C=O) groups excluding carboxylic acids is 2. The van der Waals surface area contributed by atoms with Crippen LogP contribution in [0.3, 0.4) is 0 Å². The van der Waals surface area contributed by atoms with Gasteiger partial charge in [0.1, 0.15) is 0 Å². The Hall–Kier alpha value is -2.54. The molecular formula is C23H28N2O4S. The molecule has 0 radical (unpaired) electrons. The molecule has 1 atom stereocenters. The van der Waals surface area contributed by atoms with Crippen molar-refractivity contribution >= 4 is 28.2 Å². The molecule has 1 aliphatic carbocycles. The fourth-order valence-corrected chi connectivity index (χ4v) is 5.23. The van der Waals surface area contributed by atoms with Crippen molar-refractivity contribution in [3.8, 4) is 11.5 Å². The number of rotatable bonds is 7. The summed E-state index contributed by atoms with van der Waals surface area (Å²) >= 11 is 1.51. The number of anilines is 1. The number of ether oxygens (including phenoxy) is 2. The second-order valence-corrected chi connectivity index (χ2v) is 9.23. The van der Waals surface area contributed by atoms with Crippen molar-refractivity contribution < 1.29 is 19.1 Å². The van der Waals surface area contributed by atoms with Crippen molar-refractivity contribution in [3.05, 3.63) is 40.8 Å². The molecule has 30 heavy (non-hydrogen) atoms. The van der Waals surface area contributed by atoms with Gasteiger partial charge >= 0.3 is 0 Å². The lowest BCUT2D eigenvalue weighted by Gasteiger charge is -2.19. The van der Waals surface area contributed by atoms with E-state index in [4.69, 9.17) is 9.47 Å². The molecule has 0 bridgehead atoms. The molecule has 0 spiro atoms. The molecule has 1 aromatic heterocycles. The van der Waals surface area contributed by atoms with Crippen molar-refractivity contribution in [2.45, 2.75) is 57.6 Å². The molecule has 2 heterocycles. The van der Waals surface area contributed by atoms with E-state index >= 15 is 0 Å². The minimum atomic E-state index is -0.0872. The van der Waals surface area contributed by atoms with Gasteiger partial charge in [0, 0.05) is 30.7 Å². The van der Waals surface area contributed by atoms with Crippen LogP contribution in [0.2, 0.25) is 0 Å². The summed E-state index contributed by atoms with van der Waals surface area (Å²) < 4.78 is 11.7. The maximum absolute atomic E-state index is 12.6. The molecule has 1 aliphatic heterocycles. The molecule has 2 fully saturated rings. The van der Waals surface area contributed by atoms with Gasteiger partial charge < -0.3 is 19.7 Å². The van der Waals surface area contributed by atoms with Crippen LogP contribution < -0.4 is 14.8 Å². The Morgan fingerprint density at radius 3 is 2.73 bits per heavy atom. The Morgan fingerprint density at radius 1 is 1.20 bits per heavy atom. The predicted molar refractivity (Wildman–Crippen MR) is 117 cm³/mol. The topological polar surface area (TPSA) is 67.9 Å². The van der Waals surface area contributed by atoms with Gasteiger partial charge in [-0.15, -0.1) is 11.3 Å². The van der Waals surface area contributed by atoms with Gasteiger partial charge in [-0.2, -0.15) is 0 Å². The van der Waals surface area contributed by atoms with Gasteiger partial charge in [0.15, 0.2) is 11.5 Å². The number of nitrogens with one attached hydrogen (secondary N) is 1. The fraction of sp³-hybridized carbons (Fsp3) is 0.478. The molecular weight excluding hydrogens is 400 g/mol. The Bertz CT molecular complexity index is 920. The van der Waals surface area contributed by atoms with Crippen LogP contribution in [0, 0.1) is 0 Å². The normalized spacial score (nSPS) is 19.3. The van der Waals surface area contributed by atoms with Crippen LogP contribution in [0.15, 0.2) is 30.3 Å². The van der Waals surface area contributed by atoms with Crippen LogP contribution in [0.5, 0.6) is 11.5 Å². The zero-order valence-corrected chi connectivity index (χ0v) is 18.3. The zero-order valence-electron chi connectivity index (χ0n) is 17.5. The third-order valence-electron chi connectivity index (χ3n) is 5.78. The summed E-state index contributed by atoms with van der Waals surface area (Å²) in [5, 5.41) is 3.60. The smallest absolute Gasteiger partial charge is 0.223 e. The Labute approximate surface area is 181 Å². The summed E-state index contributed by atoms with van der Waals surface area (Å²) in [6, 6.07) is 9.90. The van der Waals surface area contributed by atoms with Crippen molar-refractivity contribution in [1.29, 1.82) is 0 Å². The van der Waals surface area contributed by atoms with E-state index in [1.807, 2.05) is 29.2 Å². The zero-order chi connectivity index (χ0) is 21.1. The number of methoxy groups -OCH3 is 1. The molecule has 7 heteroatoms. The summed E-state index contributed by atoms with van der Waals surface area (Å²) in [5.74, 6) is 1.74. The Kier molecular flexibility index (Phi) is 6.27. The lowest BCUT2D eigenvalue weighted by molar-refractivity contribution is -0.128. The molecule has 1 N–H and O–H groups in total. The molecule has 1 aromatic carbocycles. The van der Waals surface area contributed by atoms with Crippen molar-refractivity contribution in [1.82, 2.24) is 4.90 Å². The van der Waals surface area contributed by atoms with Gasteiger partial charge in [-0.1, -0.05) is 6.07 Å². The third-order valence-corrected chi connectivity index (χ3v) is 6.76. The predicted octanol–water partition coefficient (Wildman–Crippen LogP) is 4.55. The third kappa shape index (κ3) is 4.78. The van der Waals surface area contributed by atoms with Crippen molar-refractivity contribution in [2.75, 3.05) is 19.0 Å². The standard InChI is InChI=1S/C23H28N2O4S/c1-15(26)24-22-10-8-19(30-22)14-25-13-17(12-23(25)27)16-7-9-20(28-2)21(11-16)29-18-5-3-4-6-18/h7-11,17-18H,3-6,12-14H2,1-2H3,(H,24,26)/t17-/m1/s1. The largest absolute Gasteiger partial charge is 0.493 e. The van der Waals surface area contributed by atoms with Gasteiger partial charge in [0.2, 0.25) is 11.8 Å². The summed E-state index contributed by atoms with van der Waals surface area (Å²) in [5.41, 5.74) is 1.12. The number of carbonyl (C=O) groups is 2. The monoisotopic (exact) mass is 428 g/mol. The number of amides is 2. The molecule has 6 nitrogen and oxygen atoms in total. The average molecular weight is 429 g/mol. The highest BCUT2D eigenvalue weighted by Crippen LogP contribution is 2.37. The van der Waals surface area contributed by atoms with Crippen LogP contribution >= 0.6 is 11.3 Å².